The first kappa shape index (κ1) is 28.0. The van der Waals surface area contributed by atoms with E-state index in [0.717, 1.165) is 25.8 Å². The van der Waals surface area contributed by atoms with E-state index in [2.05, 4.69) is 68.5 Å². The van der Waals surface area contributed by atoms with Gasteiger partial charge < -0.3 is 19.3 Å². The zero-order valence-corrected chi connectivity index (χ0v) is 24.5. The molecule has 1 aliphatic rings. The summed E-state index contributed by atoms with van der Waals surface area (Å²) in [5.41, 5.74) is 3.27. The summed E-state index contributed by atoms with van der Waals surface area (Å²) in [6, 6.07) is 16.1. The molecular weight excluding hydrogens is 588 g/mol. The average Bonchev–Trinajstić information content (AvgIpc) is 2.85. The van der Waals surface area contributed by atoms with E-state index in [9.17, 15) is 9.59 Å². The summed E-state index contributed by atoms with van der Waals surface area (Å²) >= 11 is 7.17. The summed E-state index contributed by atoms with van der Waals surface area (Å²) in [6.07, 6.45) is 1.95. The van der Waals surface area contributed by atoms with Crippen molar-refractivity contribution in [3.63, 3.8) is 0 Å². The van der Waals surface area contributed by atoms with Gasteiger partial charge in [0.15, 0.2) is 5.57 Å². The normalized spacial score (nSPS) is 14.4. The molecule has 3 rings (SSSR count). The molecule has 2 aromatic rings. The Balaban J connectivity index is 2.09. The minimum absolute atomic E-state index is 0.101. The number of methoxy groups -OCH3 is 2. The van der Waals surface area contributed by atoms with Crippen LogP contribution in [0.15, 0.2) is 74.8 Å². The highest BCUT2D eigenvalue weighted by Crippen LogP contribution is 2.37. The Hall–Kier alpha value is -2.58. The fourth-order valence-electron chi connectivity index (χ4n) is 4.23. The molecule has 0 N–H and O–H groups in total. The number of hydrogen-bond acceptors (Lipinski definition) is 6. The van der Waals surface area contributed by atoms with Crippen molar-refractivity contribution < 1.29 is 19.1 Å². The van der Waals surface area contributed by atoms with Crippen molar-refractivity contribution in [3.8, 4) is 0 Å². The Bertz CT molecular complexity index is 1140. The zero-order valence-electron chi connectivity index (χ0n) is 21.3. The number of benzene rings is 2. The summed E-state index contributed by atoms with van der Waals surface area (Å²) < 4.78 is 12.1. The van der Waals surface area contributed by atoms with E-state index in [4.69, 9.17) is 9.47 Å². The minimum Gasteiger partial charge on any atom is -0.465 e. The van der Waals surface area contributed by atoms with Crippen LogP contribution in [-0.4, -0.2) is 57.2 Å². The lowest BCUT2D eigenvalue weighted by molar-refractivity contribution is -0.144. The highest BCUT2D eigenvalue weighted by atomic mass is 79.9. The SMILES string of the molecule is COC(=O)C(C(=O)OC)=C(/C=C(/c1ccccc1)C(C)(C)C)N1CCN(c2ccc(Br)cc2Br)CC1. The second kappa shape index (κ2) is 12.1. The molecule has 1 heterocycles. The number of rotatable bonds is 6. The van der Waals surface area contributed by atoms with Crippen molar-refractivity contribution in [3.05, 3.63) is 80.4 Å². The average molecular weight is 620 g/mol. The Morgan fingerprint density at radius 1 is 0.889 bits per heavy atom. The van der Waals surface area contributed by atoms with Gasteiger partial charge in [0, 0.05) is 35.1 Å². The van der Waals surface area contributed by atoms with Gasteiger partial charge in [0.1, 0.15) is 0 Å². The molecule has 0 spiro atoms. The first-order valence-electron chi connectivity index (χ1n) is 11.7. The number of halogens is 2. The molecule has 2 aromatic carbocycles. The molecule has 8 heteroatoms. The largest absolute Gasteiger partial charge is 0.465 e. The molecule has 0 bridgehead atoms. The van der Waals surface area contributed by atoms with Crippen LogP contribution >= 0.6 is 31.9 Å². The van der Waals surface area contributed by atoms with E-state index < -0.39 is 11.9 Å². The Labute approximate surface area is 230 Å². The van der Waals surface area contributed by atoms with E-state index in [1.54, 1.807) is 0 Å². The first-order valence-corrected chi connectivity index (χ1v) is 13.3. The van der Waals surface area contributed by atoms with Crippen molar-refractivity contribution in [1.82, 2.24) is 4.90 Å². The molecule has 0 unspecified atom stereocenters. The van der Waals surface area contributed by atoms with Crippen molar-refractivity contribution in [2.24, 2.45) is 5.41 Å². The molecule has 0 aromatic heterocycles. The van der Waals surface area contributed by atoms with Gasteiger partial charge in [-0.15, -0.1) is 0 Å². The minimum atomic E-state index is -0.715. The van der Waals surface area contributed by atoms with Gasteiger partial charge in [0.2, 0.25) is 0 Å². The molecule has 0 radical (unpaired) electrons. The Kier molecular flexibility index (Phi) is 9.41. The number of allylic oxidation sites excluding steroid dienone is 2. The summed E-state index contributed by atoms with van der Waals surface area (Å²) in [5, 5.41) is 0. The van der Waals surface area contributed by atoms with Crippen molar-refractivity contribution in [1.29, 1.82) is 0 Å². The molecule has 192 valence electrons. The van der Waals surface area contributed by atoms with E-state index in [1.165, 1.54) is 14.2 Å². The van der Waals surface area contributed by atoms with E-state index in [-0.39, 0.29) is 11.0 Å². The van der Waals surface area contributed by atoms with Gasteiger partial charge in [-0.25, -0.2) is 9.59 Å². The number of ether oxygens (including phenoxy) is 2. The van der Waals surface area contributed by atoms with Gasteiger partial charge in [-0.3, -0.25) is 0 Å². The highest BCUT2D eigenvalue weighted by Gasteiger charge is 2.31. The van der Waals surface area contributed by atoms with Gasteiger partial charge >= 0.3 is 11.9 Å². The molecule has 36 heavy (non-hydrogen) atoms. The fraction of sp³-hybridized carbons (Fsp3) is 0.357. The number of hydrogen-bond donors (Lipinski definition) is 0. The summed E-state index contributed by atoms with van der Waals surface area (Å²) in [6.45, 7) is 8.98. The number of carbonyl (C=O) groups is 2. The van der Waals surface area contributed by atoms with Crippen molar-refractivity contribution >= 4 is 55.1 Å². The third-order valence-corrected chi connectivity index (χ3v) is 7.21. The monoisotopic (exact) mass is 618 g/mol. The van der Waals surface area contributed by atoms with Crippen molar-refractivity contribution in [2.45, 2.75) is 20.8 Å². The standard InChI is InChI=1S/C28H32Br2N2O4/c1-28(2,3)21(19-9-7-6-8-10-19)18-24(25(26(33)35-4)27(34)36-5)32-15-13-31(14-16-32)23-12-11-20(29)17-22(23)30/h6-12,17-18H,13-16H2,1-5H3/b21-18-. The summed E-state index contributed by atoms with van der Waals surface area (Å²) in [5.74, 6) is -1.43. The van der Waals surface area contributed by atoms with Crippen LogP contribution in [0.1, 0.15) is 26.3 Å². The molecule has 6 nitrogen and oxygen atoms in total. The Morgan fingerprint density at radius 2 is 1.47 bits per heavy atom. The lowest BCUT2D eigenvalue weighted by Gasteiger charge is -2.39. The summed E-state index contributed by atoms with van der Waals surface area (Å²) in [4.78, 5) is 30.1. The van der Waals surface area contributed by atoms with Crippen LogP contribution in [0.25, 0.3) is 5.57 Å². The first-order chi connectivity index (χ1) is 17.1. The topological polar surface area (TPSA) is 59.1 Å². The quantitative estimate of drug-likeness (QED) is 0.129. The fourth-order valence-corrected chi connectivity index (χ4v) is 5.53. The predicted octanol–water partition coefficient (Wildman–Crippen LogP) is 6.06. The lowest BCUT2D eigenvalue weighted by Crippen LogP contribution is -2.46. The van der Waals surface area contributed by atoms with Crippen LogP contribution in [0.4, 0.5) is 5.69 Å². The molecule has 1 saturated heterocycles. The third-order valence-electron chi connectivity index (χ3n) is 6.08. The molecular formula is C28H32Br2N2O4. The second-order valence-corrected chi connectivity index (χ2v) is 11.3. The maximum Gasteiger partial charge on any atom is 0.347 e. The predicted molar refractivity (Wildman–Crippen MR) is 151 cm³/mol. The number of nitrogens with zero attached hydrogens (tertiary/aromatic N) is 2. The maximum atomic E-state index is 12.9. The van der Waals surface area contributed by atoms with Crippen LogP contribution in [0.2, 0.25) is 0 Å². The lowest BCUT2D eigenvalue weighted by atomic mass is 9.81. The number of esters is 2. The molecule has 0 aliphatic carbocycles. The zero-order chi connectivity index (χ0) is 26.5. The van der Waals surface area contributed by atoms with Gasteiger partial charge in [-0.05, 0) is 56.8 Å². The van der Waals surface area contributed by atoms with Crippen LogP contribution < -0.4 is 4.90 Å². The van der Waals surface area contributed by atoms with E-state index in [1.807, 2.05) is 48.5 Å². The van der Waals surface area contributed by atoms with Crippen LogP contribution in [0.3, 0.4) is 0 Å². The van der Waals surface area contributed by atoms with Gasteiger partial charge in [-0.2, -0.15) is 0 Å². The molecule has 0 saturated carbocycles. The molecule has 1 aliphatic heterocycles. The highest BCUT2D eigenvalue weighted by molar-refractivity contribution is 9.11. The number of carbonyl (C=O) groups excluding carboxylic acids is 2. The molecule has 1 fully saturated rings. The second-order valence-electron chi connectivity index (χ2n) is 9.49. The van der Waals surface area contributed by atoms with Gasteiger partial charge in [0.25, 0.3) is 0 Å². The smallest absolute Gasteiger partial charge is 0.347 e. The third kappa shape index (κ3) is 6.59. The van der Waals surface area contributed by atoms with E-state index in [0.29, 0.717) is 31.9 Å². The maximum absolute atomic E-state index is 12.9. The van der Waals surface area contributed by atoms with Crippen LogP contribution in [0, 0.1) is 5.41 Å². The van der Waals surface area contributed by atoms with Crippen LogP contribution in [-0.2, 0) is 19.1 Å². The van der Waals surface area contributed by atoms with Crippen molar-refractivity contribution in [2.75, 3.05) is 45.3 Å². The number of piperazine rings is 1. The Morgan fingerprint density at radius 3 is 1.97 bits per heavy atom. The van der Waals surface area contributed by atoms with Gasteiger partial charge in [0.05, 0.1) is 25.6 Å². The number of anilines is 1. The molecule has 0 amide bonds. The summed E-state index contributed by atoms with van der Waals surface area (Å²) in [7, 11) is 2.55. The van der Waals surface area contributed by atoms with E-state index >= 15 is 0 Å². The van der Waals surface area contributed by atoms with Crippen LogP contribution in [0.5, 0.6) is 0 Å². The van der Waals surface area contributed by atoms with Gasteiger partial charge in [-0.1, -0.05) is 67.0 Å². The molecule has 0 atom stereocenters.